The second-order valence-corrected chi connectivity index (χ2v) is 7.41. The highest BCUT2D eigenvalue weighted by Gasteiger charge is 2.14. The first-order valence-electron chi connectivity index (χ1n) is 10.1. The van der Waals surface area contributed by atoms with Crippen molar-refractivity contribution in [3.05, 3.63) is 77.4 Å². The molecule has 0 radical (unpaired) electrons. The Labute approximate surface area is 180 Å². The van der Waals surface area contributed by atoms with Gasteiger partial charge in [-0.2, -0.15) is 0 Å². The fourth-order valence-electron chi connectivity index (χ4n) is 3.29. The molecule has 1 amide bonds. The third-order valence-corrected chi connectivity index (χ3v) is 4.95. The summed E-state index contributed by atoms with van der Waals surface area (Å²) in [7, 11) is 0. The summed E-state index contributed by atoms with van der Waals surface area (Å²) >= 11 is 0. The number of hydrogen-bond donors (Lipinski definition) is 2. The molecule has 0 aliphatic carbocycles. The molecule has 7 heteroatoms. The van der Waals surface area contributed by atoms with Gasteiger partial charge in [-0.05, 0) is 67.3 Å². The van der Waals surface area contributed by atoms with Crippen molar-refractivity contribution in [1.29, 1.82) is 0 Å². The van der Waals surface area contributed by atoms with Gasteiger partial charge >= 0.3 is 0 Å². The molecule has 7 nitrogen and oxygen atoms in total. The molecular formula is C24H24N4O3. The van der Waals surface area contributed by atoms with E-state index in [-0.39, 0.29) is 19.1 Å². The Kier molecular flexibility index (Phi) is 5.95. The predicted molar refractivity (Wildman–Crippen MR) is 120 cm³/mol. The van der Waals surface area contributed by atoms with E-state index in [1.165, 1.54) is 4.80 Å². The smallest absolute Gasteiger partial charge is 0.262 e. The van der Waals surface area contributed by atoms with Crippen molar-refractivity contribution in [3.8, 4) is 11.4 Å². The molecule has 0 unspecified atom stereocenters. The second kappa shape index (κ2) is 8.97. The summed E-state index contributed by atoms with van der Waals surface area (Å²) in [5.74, 6) is 0.232. The number of hydrogen-bond acceptors (Lipinski definition) is 5. The molecule has 4 rings (SSSR count). The maximum absolute atomic E-state index is 12.5. The standard InChI is InChI=1S/C24H24N4O3/c1-16-7-8-17(2)21(13-16)25-24(30)15-31-23-10-9-18(11-12-29)14-22(23)28-26-19-5-3-4-6-20(19)27-28/h3-10,13-14,29H,11-12,15H2,1-2H3,(H,25,30). The first kappa shape index (κ1) is 20.6. The predicted octanol–water partition coefficient (Wildman–Crippen LogP) is 3.59. The van der Waals surface area contributed by atoms with Crippen LogP contribution in [0.15, 0.2) is 60.7 Å². The van der Waals surface area contributed by atoms with E-state index in [0.717, 1.165) is 33.4 Å². The van der Waals surface area contributed by atoms with Crippen molar-refractivity contribution >= 4 is 22.6 Å². The molecule has 1 heterocycles. The highest BCUT2D eigenvalue weighted by Crippen LogP contribution is 2.25. The van der Waals surface area contributed by atoms with Crippen LogP contribution in [0.1, 0.15) is 16.7 Å². The quantitative estimate of drug-likeness (QED) is 0.481. The topological polar surface area (TPSA) is 89.3 Å². The number of aliphatic hydroxyl groups is 1. The Bertz CT molecular complexity index is 1200. The Morgan fingerprint density at radius 2 is 1.77 bits per heavy atom. The third kappa shape index (κ3) is 4.73. The number of nitrogens with zero attached hydrogens (tertiary/aromatic N) is 3. The maximum Gasteiger partial charge on any atom is 0.262 e. The molecule has 2 N–H and O–H groups in total. The van der Waals surface area contributed by atoms with Gasteiger partial charge in [0.25, 0.3) is 5.91 Å². The summed E-state index contributed by atoms with van der Waals surface area (Å²) in [4.78, 5) is 14.0. The van der Waals surface area contributed by atoms with E-state index in [0.29, 0.717) is 17.9 Å². The van der Waals surface area contributed by atoms with Crippen LogP contribution in [0.5, 0.6) is 5.75 Å². The van der Waals surface area contributed by atoms with Crippen LogP contribution in [0.4, 0.5) is 5.69 Å². The first-order chi connectivity index (χ1) is 15.0. The molecule has 0 saturated carbocycles. The van der Waals surface area contributed by atoms with Crippen molar-refractivity contribution < 1.29 is 14.6 Å². The SMILES string of the molecule is Cc1ccc(C)c(NC(=O)COc2ccc(CCO)cc2-n2nc3ccccc3n2)c1. The van der Waals surface area contributed by atoms with E-state index >= 15 is 0 Å². The monoisotopic (exact) mass is 416 g/mol. The molecule has 0 saturated heterocycles. The summed E-state index contributed by atoms with van der Waals surface area (Å²) in [5.41, 5.74) is 5.88. The Morgan fingerprint density at radius 3 is 2.48 bits per heavy atom. The summed E-state index contributed by atoms with van der Waals surface area (Å²) in [6.45, 7) is 3.81. The summed E-state index contributed by atoms with van der Waals surface area (Å²) < 4.78 is 5.85. The van der Waals surface area contributed by atoms with E-state index in [4.69, 9.17) is 4.74 Å². The van der Waals surface area contributed by atoms with E-state index in [9.17, 15) is 9.90 Å². The van der Waals surface area contributed by atoms with Crippen molar-refractivity contribution in [2.75, 3.05) is 18.5 Å². The molecule has 0 aliphatic heterocycles. The number of benzene rings is 3. The average molecular weight is 416 g/mol. The number of amides is 1. The fraction of sp³-hybridized carbons (Fsp3) is 0.208. The van der Waals surface area contributed by atoms with Crippen molar-refractivity contribution in [2.45, 2.75) is 20.3 Å². The van der Waals surface area contributed by atoms with Crippen LogP contribution in [0.25, 0.3) is 16.7 Å². The van der Waals surface area contributed by atoms with Crippen molar-refractivity contribution in [1.82, 2.24) is 15.0 Å². The number of anilines is 1. The van der Waals surface area contributed by atoms with Crippen molar-refractivity contribution in [2.24, 2.45) is 0 Å². The molecule has 0 spiro atoms. The van der Waals surface area contributed by atoms with Gasteiger partial charge in [-0.3, -0.25) is 4.79 Å². The van der Waals surface area contributed by atoms with Gasteiger partial charge in [-0.15, -0.1) is 15.0 Å². The van der Waals surface area contributed by atoms with E-state index in [1.54, 1.807) is 6.07 Å². The maximum atomic E-state index is 12.5. The molecule has 1 aromatic heterocycles. The lowest BCUT2D eigenvalue weighted by molar-refractivity contribution is -0.118. The van der Waals surface area contributed by atoms with E-state index < -0.39 is 0 Å². The lowest BCUT2D eigenvalue weighted by atomic mass is 10.1. The number of ether oxygens (including phenoxy) is 1. The van der Waals surface area contributed by atoms with Crippen LogP contribution in [0.3, 0.4) is 0 Å². The van der Waals surface area contributed by atoms with Gasteiger partial charge in [0.15, 0.2) is 6.61 Å². The second-order valence-electron chi connectivity index (χ2n) is 7.41. The Hall–Kier alpha value is -3.71. The number of aryl methyl sites for hydroxylation is 2. The molecular weight excluding hydrogens is 392 g/mol. The van der Waals surface area contributed by atoms with Gasteiger partial charge in [0.05, 0.1) is 0 Å². The lowest BCUT2D eigenvalue weighted by Crippen LogP contribution is -2.21. The van der Waals surface area contributed by atoms with Crippen LogP contribution in [-0.2, 0) is 11.2 Å². The number of nitrogens with one attached hydrogen (secondary N) is 1. The number of carbonyl (C=O) groups is 1. The average Bonchev–Trinajstić information content (AvgIpc) is 3.20. The molecule has 0 fully saturated rings. The minimum atomic E-state index is -0.252. The van der Waals surface area contributed by atoms with Crippen LogP contribution in [-0.4, -0.2) is 39.2 Å². The van der Waals surface area contributed by atoms with Crippen LogP contribution in [0.2, 0.25) is 0 Å². The molecule has 158 valence electrons. The fourth-order valence-corrected chi connectivity index (χ4v) is 3.29. The number of rotatable bonds is 7. The largest absolute Gasteiger partial charge is 0.481 e. The van der Waals surface area contributed by atoms with Crippen LogP contribution < -0.4 is 10.1 Å². The molecule has 0 aliphatic rings. The number of fused-ring (bicyclic) bond motifs is 1. The number of carbonyl (C=O) groups excluding carboxylic acids is 1. The van der Waals surface area contributed by atoms with Crippen LogP contribution in [0, 0.1) is 13.8 Å². The number of aliphatic hydroxyl groups excluding tert-OH is 1. The summed E-state index contributed by atoms with van der Waals surface area (Å²) in [6.07, 6.45) is 0.501. The molecule has 4 aromatic rings. The van der Waals surface area contributed by atoms with Crippen molar-refractivity contribution in [3.63, 3.8) is 0 Å². The van der Waals surface area contributed by atoms with Gasteiger partial charge in [0, 0.05) is 12.3 Å². The highest BCUT2D eigenvalue weighted by atomic mass is 16.5. The normalized spacial score (nSPS) is 10.9. The minimum Gasteiger partial charge on any atom is -0.481 e. The first-order valence-corrected chi connectivity index (χ1v) is 10.1. The zero-order chi connectivity index (χ0) is 21.8. The van der Waals surface area contributed by atoms with Gasteiger partial charge in [0.2, 0.25) is 0 Å². The molecule has 0 atom stereocenters. The summed E-state index contributed by atoms with van der Waals surface area (Å²) in [6, 6.07) is 19.0. The van der Waals surface area contributed by atoms with E-state index in [2.05, 4.69) is 15.5 Å². The van der Waals surface area contributed by atoms with Crippen LogP contribution >= 0.6 is 0 Å². The number of aromatic nitrogens is 3. The molecule has 0 bridgehead atoms. The summed E-state index contributed by atoms with van der Waals surface area (Å²) in [5, 5.41) is 21.2. The van der Waals surface area contributed by atoms with Gasteiger partial charge in [-0.25, -0.2) is 0 Å². The highest BCUT2D eigenvalue weighted by molar-refractivity contribution is 5.92. The third-order valence-electron chi connectivity index (χ3n) is 4.95. The van der Waals surface area contributed by atoms with E-state index in [1.807, 2.05) is 68.4 Å². The van der Waals surface area contributed by atoms with Gasteiger partial charge in [0.1, 0.15) is 22.5 Å². The molecule has 31 heavy (non-hydrogen) atoms. The van der Waals surface area contributed by atoms with Gasteiger partial charge < -0.3 is 15.2 Å². The Morgan fingerprint density at radius 1 is 1.03 bits per heavy atom. The molecule has 3 aromatic carbocycles. The zero-order valence-corrected chi connectivity index (χ0v) is 17.5. The zero-order valence-electron chi connectivity index (χ0n) is 17.5. The van der Waals surface area contributed by atoms with Gasteiger partial charge in [-0.1, -0.05) is 30.3 Å². The Balaban J connectivity index is 1.57. The lowest BCUT2D eigenvalue weighted by Gasteiger charge is -2.13. The minimum absolute atomic E-state index is 0.0341.